The van der Waals surface area contributed by atoms with Crippen LogP contribution in [0.3, 0.4) is 0 Å². The fraction of sp³-hybridized carbons (Fsp3) is 0.188. The van der Waals surface area contributed by atoms with E-state index in [9.17, 15) is 4.79 Å². The molecule has 0 fully saturated rings. The van der Waals surface area contributed by atoms with Crippen LogP contribution in [0, 0.1) is 20.8 Å². The normalized spacial score (nSPS) is 10.4. The smallest absolute Gasteiger partial charge is 0.255 e. The molecule has 0 saturated carbocycles. The maximum Gasteiger partial charge on any atom is 0.255 e. The highest BCUT2D eigenvalue weighted by Gasteiger charge is 2.09. The van der Waals surface area contributed by atoms with Crippen LogP contribution in [0.4, 0.5) is 5.69 Å². The third-order valence-corrected chi connectivity index (χ3v) is 4.71. The molecule has 0 unspecified atom stereocenters. The first kappa shape index (κ1) is 15.3. The second kappa shape index (κ2) is 6.10. The van der Waals surface area contributed by atoms with Crippen molar-refractivity contribution < 1.29 is 4.79 Å². The molecule has 20 heavy (non-hydrogen) atoms. The summed E-state index contributed by atoms with van der Waals surface area (Å²) in [7, 11) is 0. The number of aryl methyl sites for hydroxylation is 3. The summed E-state index contributed by atoms with van der Waals surface area (Å²) in [4.78, 5) is 12.3. The van der Waals surface area contributed by atoms with Gasteiger partial charge in [0.1, 0.15) is 0 Å². The van der Waals surface area contributed by atoms with Crippen molar-refractivity contribution in [2.24, 2.45) is 0 Å². The van der Waals surface area contributed by atoms with Crippen molar-refractivity contribution in [2.75, 3.05) is 5.32 Å². The zero-order chi connectivity index (χ0) is 14.9. The summed E-state index contributed by atoms with van der Waals surface area (Å²) >= 11 is 6.94. The molecule has 0 bridgehead atoms. The maximum absolute atomic E-state index is 12.3. The molecule has 1 amide bonds. The second-order valence-corrected chi connectivity index (χ2v) is 6.60. The molecule has 0 atom stereocenters. The highest BCUT2D eigenvalue weighted by Crippen LogP contribution is 2.25. The number of rotatable bonds is 2. The van der Waals surface area contributed by atoms with Gasteiger partial charge in [-0.05, 0) is 67.8 Å². The van der Waals surface area contributed by atoms with E-state index < -0.39 is 0 Å². The molecule has 0 aliphatic heterocycles. The molecule has 104 valence electrons. The Bertz CT molecular complexity index is 637. The molecule has 0 aliphatic rings. The van der Waals surface area contributed by atoms with E-state index in [-0.39, 0.29) is 5.91 Å². The Morgan fingerprint density at radius 2 is 1.55 bits per heavy atom. The van der Waals surface area contributed by atoms with Crippen LogP contribution < -0.4 is 5.32 Å². The number of amides is 1. The fourth-order valence-electron chi connectivity index (χ4n) is 2.09. The van der Waals surface area contributed by atoms with Gasteiger partial charge in [-0.15, -0.1) is 0 Å². The third kappa shape index (κ3) is 3.49. The van der Waals surface area contributed by atoms with E-state index in [1.807, 2.05) is 51.1 Å². The molecule has 0 saturated heterocycles. The molecule has 4 heteroatoms. The number of nitrogens with one attached hydrogen (secondary N) is 1. The lowest BCUT2D eigenvalue weighted by molar-refractivity contribution is 0.102. The summed E-state index contributed by atoms with van der Waals surface area (Å²) in [5, 5.41) is 2.94. The molecule has 0 aromatic heterocycles. The van der Waals surface area contributed by atoms with Gasteiger partial charge in [0.05, 0.1) is 0 Å². The molecule has 2 aromatic rings. The van der Waals surface area contributed by atoms with Gasteiger partial charge in [0.25, 0.3) is 5.91 Å². The molecule has 0 radical (unpaired) electrons. The van der Waals surface area contributed by atoms with Crippen molar-refractivity contribution in [3.05, 3.63) is 61.5 Å². The Morgan fingerprint density at radius 1 is 0.950 bits per heavy atom. The molecular weight excluding hydrogens is 382 g/mol. The van der Waals surface area contributed by atoms with Crippen LogP contribution >= 0.6 is 31.9 Å². The van der Waals surface area contributed by atoms with Gasteiger partial charge in [-0.3, -0.25) is 4.79 Å². The first-order valence-corrected chi connectivity index (χ1v) is 7.80. The Morgan fingerprint density at radius 3 is 2.10 bits per heavy atom. The zero-order valence-corrected chi connectivity index (χ0v) is 14.7. The summed E-state index contributed by atoms with van der Waals surface area (Å²) in [5.74, 6) is -0.101. The van der Waals surface area contributed by atoms with Gasteiger partial charge in [0.2, 0.25) is 0 Å². The van der Waals surface area contributed by atoms with E-state index in [0.29, 0.717) is 5.56 Å². The third-order valence-electron chi connectivity index (χ3n) is 3.00. The standard InChI is InChI=1S/C16H15Br2NO/c1-9-4-12(8-13(17)5-9)16(20)19-14-6-10(2)15(18)11(3)7-14/h4-8H,1-3H3,(H,19,20). The zero-order valence-electron chi connectivity index (χ0n) is 11.6. The summed E-state index contributed by atoms with van der Waals surface area (Å²) in [6, 6.07) is 9.59. The largest absolute Gasteiger partial charge is 0.322 e. The van der Waals surface area contributed by atoms with E-state index in [1.54, 1.807) is 0 Å². The van der Waals surface area contributed by atoms with Crippen LogP contribution in [0.1, 0.15) is 27.0 Å². The van der Waals surface area contributed by atoms with Crippen molar-refractivity contribution in [1.29, 1.82) is 0 Å². The van der Waals surface area contributed by atoms with Gasteiger partial charge in [-0.2, -0.15) is 0 Å². The highest BCUT2D eigenvalue weighted by atomic mass is 79.9. The predicted molar refractivity (Wildman–Crippen MR) is 90.4 cm³/mol. The van der Waals surface area contributed by atoms with Crippen LogP contribution in [0.25, 0.3) is 0 Å². The molecule has 2 nitrogen and oxygen atoms in total. The summed E-state index contributed by atoms with van der Waals surface area (Å²) in [6.07, 6.45) is 0. The van der Waals surface area contributed by atoms with Crippen LogP contribution in [0.15, 0.2) is 39.3 Å². The lowest BCUT2D eigenvalue weighted by Gasteiger charge is -2.10. The minimum Gasteiger partial charge on any atom is -0.322 e. The lowest BCUT2D eigenvalue weighted by atomic mass is 10.1. The monoisotopic (exact) mass is 395 g/mol. The molecular formula is C16H15Br2NO. The van der Waals surface area contributed by atoms with Crippen molar-refractivity contribution in [3.8, 4) is 0 Å². The summed E-state index contributed by atoms with van der Waals surface area (Å²) in [5.41, 5.74) is 4.71. The van der Waals surface area contributed by atoms with Crippen LogP contribution in [0.2, 0.25) is 0 Å². The van der Waals surface area contributed by atoms with Gasteiger partial charge in [-0.1, -0.05) is 31.9 Å². The average molecular weight is 397 g/mol. The number of hydrogen-bond acceptors (Lipinski definition) is 1. The SMILES string of the molecule is Cc1cc(Br)cc(C(=O)Nc2cc(C)c(Br)c(C)c2)c1. The van der Waals surface area contributed by atoms with E-state index in [2.05, 4.69) is 37.2 Å². The average Bonchev–Trinajstić information content (AvgIpc) is 2.34. The van der Waals surface area contributed by atoms with Crippen molar-refractivity contribution >= 4 is 43.5 Å². The van der Waals surface area contributed by atoms with Gasteiger partial charge in [0.15, 0.2) is 0 Å². The summed E-state index contributed by atoms with van der Waals surface area (Å²) in [6.45, 7) is 5.99. The summed E-state index contributed by atoms with van der Waals surface area (Å²) < 4.78 is 1.99. The van der Waals surface area contributed by atoms with E-state index in [1.165, 1.54) is 0 Å². The first-order chi connectivity index (χ1) is 9.36. The van der Waals surface area contributed by atoms with E-state index in [4.69, 9.17) is 0 Å². The Hall–Kier alpha value is -1.13. The quantitative estimate of drug-likeness (QED) is 0.724. The minimum atomic E-state index is -0.101. The number of carbonyl (C=O) groups is 1. The number of anilines is 1. The van der Waals surface area contributed by atoms with E-state index in [0.717, 1.165) is 31.3 Å². The number of hydrogen-bond donors (Lipinski definition) is 1. The van der Waals surface area contributed by atoms with Crippen LogP contribution in [0.5, 0.6) is 0 Å². The van der Waals surface area contributed by atoms with Crippen molar-refractivity contribution in [1.82, 2.24) is 0 Å². The minimum absolute atomic E-state index is 0.101. The Labute approximate surface area is 135 Å². The topological polar surface area (TPSA) is 29.1 Å². The molecule has 0 aliphatic carbocycles. The first-order valence-electron chi connectivity index (χ1n) is 6.22. The van der Waals surface area contributed by atoms with Gasteiger partial charge in [-0.25, -0.2) is 0 Å². The predicted octanol–water partition coefficient (Wildman–Crippen LogP) is 5.39. The van der Waals surface area contributed by atoms with E-state index >= 15 is 0 Å². The molecule has 0 heterocycles. The van der Waals surface area contributed by atoms with Gasteiger partial charge < -0.3 is 5.32 Å². The van der Waals surface area contributed by atoms with Crippen molar-refractivity contribution in [2.45, 2.75) is 20.8 Å². The number of carbonyl (C=O) groups excluding carboxylic acids is 1. The van der Waals surface area contributed by atoms with Crippen LogP contribution in [-0.2, 0) is 0 Å². The Balaban J connectivity index is 2.28. The highest BCUT2D eigenvalue weighted by molar-refractivity contribution is 9.10. The van der Waals surface area contributed by atoms with Crippen molar-refractivity contribution in [3.63, 3.8) is 0 Å². The Kier molecular flexibility index (Phi) is 4.66. The lowest BCUT2D eigenvalue weighted by Crippen LogP contribution is -2.12. The maximum atomic E-state index is 12.3. The number of halogens is 2. The molecule has 2 aromatic carbocycles. The van der Waals surface area contributed by atoms with Crippen LogP contribution in [-0.4, -0.2) is 5.91 Å². The van der Waals surface area contributed by atoms with Gasteiger partial charge in [0, 0.05) is 20.2 Å². The molecule has 2 rings (SSSR count). The second-order valence-electron chi connectivity index (χ2n) is 4.90. The fourth-order valence-corrected chi connectivity index (χ4v) is 2.93. The molecule has 0 spiro atoms. The van der Waals surface area contributed by atoms with Gasteiger partial charge >= 0.3 is 0 Å². The number of benzene rings is 2. The molecule has 1 N–H and O–H groups in total.